The van der Waals surface area contributed by atoms with Gasteiger partial charge >= 0.3 is 0 Å². The third kappa shape index (κ3) is 5.56. The lowest BCUT2D eigenvalue weighted by molar-refractivity contribution is -1.02. The molecule has 1 fully saturated rings. The van der Waals surface area contributed by atoms with Gasteiger partial charge in [-0.05, 0) is 24.3 Å². The highest BCUT2D eigenvalue weighted by atomic mass is 16.5. The molecule has 0 aliphatic carbocycles. The van der Waals surface area contributed by atoms with Gasteiger partial charge in [0.05, 0.1) is 12.8 Å². The zero-order valence-electron chi connectivity index (χ0n) is 17.3. The molecular formula is C21H32N4O3+2. The van der Waals surface area contributed by atoms with E-state index in [2.05, 4.69) is 43.4 Å². The minimum atomic E-state index is -0.0965. The summed E-state index contributed by atoms with van der Waals surface area (Å²) in [5.41, 5.74) is 2.06. The van der Waals surface area contributed by atoms with Crippen molar-refractivity contribution in [3.63, 3.8) is 0 Å². The van der Waals surface area contributed by atoms with E-state index in [1.165, 1.54) is 10.5 Å². The summed E-state index contributed by atoms with van der Waals surface area (Å²) in [5, 5.41) is 6.88. The Hall–Kier alpha value is -2.38. The third-order valence-electron chi connectivity index (χ3n) is 5.23. The highest BCUT2D eigenvalue weighted by Crippen LogP contribution is 2.23. The fourth-order valence-corrected chi connectivity index (χ4v) is 3.44. The Morgan fingerprint density at radius 1 is 1.14 bits per heavy atom. The number of methoxy groups -OCH3 is 1. The molecule has 0 saturated carbocycles. The summed E-state index contributed by atoms with van der Waals surface area (Å²) in [6, 6.07) is 10.1. The van der Waals surface area contributed by atoms with Crippen molar-refractivity contribution in [1.29, 1.82) is 0 Å². The van der Waals surface area contributed by atoms with Crippen molar-refractivity contribution in [3.05, 3.63) is 41.6 Å². The van der Waals surface area contributed by atoms with Crippen molar-refractivity contribution in [2.24, 2.45) is 0 Å². The van der Waals surface area contributed by atoms with Crippen LogP contribution in [-0.2, 0) is 16.8 Å². The van der Waals surface area contributed by atoms with E-state index in [4.69, 9.17) is 9.26 Å². The van der Waals surface area contributed by atoms with Crippen molar-refractivity contribution < 1.29 is 23.9 Å². The van der Waals surface area contributed by atoms with Crippen molar-refractivity contribution in [2.75, 3.05) is 45.2 Å². The van der Waals surface area contributed by atoms with Gasteiger partial charge in [0.2, 0.25) is 5.88 Å². The summed E-state index contributed by atoms with van der Waals surface area (Å²) < 4.78 is 10.5. The Balaban J connectivity index is 1.42. The summed E-state index contributed by atoms with van der Waals surface area (Å²) in [5.74, 6) is 1.30. The van der Waals surface area contributed by atoms with Gasteiger partial charge in [-0.25, -0.2) is 0 Å². The van der Waals surface area contributed by atoms with Gasteiger partial charge in [0.1, 0.15) is 38.5 Å². The van der Waals surface area contributed by atoms with Crippen LogP contribution in [0.25, 0.3) is 0 Å². The van der Waals surface area contributed by atoms with Gasteiger partial charge in [-0.1, -0.05) is 25.9 Å². The van der Waals surface area contributed by atoms with Crippen LogP contribution in [-0.4, -0.2) is 50.9 Å². The number of anilines is 1. The van der Waals surface area contributed by atoms with Crippen LogP contribution >= 0.6 is 0 Å². The average molecular weight is 389 g/mol. The standard InChI is InChI=1S/C21H30N4O3/c1-21(2,3)18-13-20(28-23-18)22-19(26)15-25-11-9-24(10-12-25)14-16-5-7-17(27-4)8-6-16/h5-8,13H,9-12,14-15H2,1-4H3,(H,22,26)/p+2. The number of carbonyl (C=O) groups is 1. The van der Waals surface area contributed by atoms with E-state index in [0.717, 1.165) is 44.2 Å². The number of carbonyl (C=O) groups excluding carboxylic acids is 1. The molecular weight excluding hydrogens is 356 g/mol. The lowest BCUT2D eigenvalue weighted by atomic mass is 9.92. The number of amides is 1. The minimum Gasteiger partial charge on any atom is -0.497 e. The number of nitrogens with one attached hydrogen (secondary N) is 3. The zero-order chi connectivity index (χ0) is 20.1. The van der Waals surface area contributed by atoms with Gasteiger partial charge in [0, 0.05) is 17.0 Å². The highest BCUT2D eigenvalue weighted by molar-refractivity contribution is 5.90. The van der Waals surface area contributed by atoms with E-state index >= 15 is 0 Å². The molecule has 0 bridgehead atoms. The molecule has 0 spiro atoms. The Kier molecular flexibility index (Phi) is 6.36. The van der Waals surface area contributed by atoms with Crippen LogP contribution in [0.1, 0.15) is 32.0 Å². The molecule has 7 nitrogen and oxygen atoms in total. The van der Waals surface area contributed by atoms with E-state index in [9.17, 15) is 4.79 Å². The fraction of sp³-hybridized carbons (Fsp3) is 0.524. The van der Waals surface area contributed by atoms with Gasteiger partial charge in [-0.3, -0.25) is 10.1 Å². The number of rotatable bonds is 6. The Labute approximate surface area is 166 Å². The second-order valence-electron chi connectivity index (χ2n) is 8.58. The summed E-state index contributed by atoms with van der Waals surface area (Å²) in [4.78, 5) is 15.2. The van der Waals surface area contributed by atoms with Crippen LogP contribution in [0, 0.1) is 0 Å². The third-order valence-corrected chi connectivity index (χ3v) is 5.23. The molecule has 3 N–H and O–H groups in total. The van der Waals surface area contributed by atoms with Crippen LogP contribution in [0.5, 0.6) is 5.75 Å². The fourth-order valence-electron chi connectivity index (χ4n) is 3.44. The van der Waals surface area contributed by atoms with E-state index in [1.807, 2.05) is 18.2 Å². The molecule has 0 radical (unpaired) electrons. The Morgan fingerprint density at radius 2 is 1.79 bits per heavy atom. The van der Waals surface area contributed by atoms with Crippen molar-refractivity contribution >= 4 is 11.8 Å². The van der Waals surface area contributed by atoms with Crippen molar-refractivity contribution in [3.8, 4) is 5.75 Å². The smallest absolute Gasteiger partial charge is 0.281 e. The zero-order valence-corrected chi connectivity index (χ0v) is 17.3. The summed E-state index contributed by atoms with van der Waals surface area (Å²) in [7, 11) is 1.68. The van der Waals surface area contributed by atoms with E-state index in [0.29, 0.717) is 12.4 Å². The molecule has 152 valence electrons. The predicted molar refractivity (Wildman–Crippen MR) is 107 cm³/mol. The molecule has 7 heteroatoms. The van der Waals surface area contributed by atoms with E-state index < -0.39 is 0 Å². The van der Waals surface area contributed by atoms with Crippen LogP contribution in [0.4, 0.5) is 5.88 Å². The first-order valence-electron chi connectivity index (χ1n) is 9.90. The first-order valence-corrected chi connectivity index (χ1v) is 9.90. The maximum absolute atomic E-state index is 12.3. The van der Waals surface area contributed by atoms with Gasteiger partial charge in [-0.15, -0.1) is 0 Å². The predicted octanol–water partition coefficient (Wildman–Crippen LogP) is -0.0972. The van der Waals surface area contributed by atoms with Gasteiger partial charge < -0.3 is 19.1 Å². The number of aromatic nitrogens is 1. The lowest BCUT2D eigenvalue weighted by Crippen LogP contribution is -3.28. The molecule has 1 aromatic carbocycles. The number of benzene rings is 1. The molecule has 1 aliphatic heterocycles. The van der Waals surface area contributed by atoms with E-state index in [-0.39, 0.29) is 11.3 Å². The maximum atomic E-state index is 12.3. The average Bonchev–Trinajstić information content (AvgIpc) is 3.13. The topological polar surface area (TPSA) is 73.2 Å². The van der Waals surface area contributed by atoms with Gasteiger partial charge in [0.15, 0.2) is 6.54 Å². The van der Waals surface area contributed by atoms with Gasteiger partial charge in [-0.2, -0.15) is 0 Å². The second-order valence-corrected chi connectivity index (χ2v) is 8.58. The van der Waals surface area contributed by atoms with Crippen LogP contribution in [0.3, 0.4) is 0 Å². The molecule has 2 aromatic rings. The normalized spacial score (nSPS) is 20.0. The van der Waals surface area contributed by atoms with Crippen molar-refractivity contribution in [2.45, 2.75) is 32.7 Å². The maximum Gasteiger partial charge on any atom is 0.281 e. The van der Waals surface area contributed by atoms with Crippen molar-refractivity contribution in [1.82, 2.24) is 5.16 Å². The molecule has 28 heavy (non-hydrogen) atoms. The number of piperazine rings is 1. The molecule has 0 unspecified atom stereocenters. The summed E-state index contributed by atoms with van der Waals surface area (Å²) in [6.07, 6.45) is 0. The summed E-state index contributed by atoms with van der Waals surface area (Å²) in [6.45, 7) is 11.8. The second kappa shape index (κ2) is 8.75. The number of hydrogen-bond acceptors (Lipinski definition) is 4. The van der Waals surface area contributed by atoms with E-state index in [1.54, 1.807) is 12.0 Å². The monoisotopic (exact) mass is 388 g/mol. The number of hydrogen-bond donors (Lipinski definition) is 3. The molecule has 1 saturated heterocycles. The Morgan fingerprint density at radius 3 is 2.36 bits per heavy atom. The molecule has 1 amide bonds. The van der Waals surface area contributed by atoms with Crippen LogP contribution in [0.2, 0.25) is 0 Å². The summed E-state index contributed by atoms with van der Waals surface area (Å²) >= 11 is 0. The van der Waals surface area contributed by atoms with Gasteiger partial charge in [0.25, 0.3) is 5.91 Å². The highest BCUT2D eigenvalue weighted by Gasteiger charge is 2.26. The quantitative estimate of drug-likeness (QED) is 0.646. The SMILES string of the molecule is COc1ccc(C[NH+]2CC[NH+](CC(=O)Nc3cc(C(C)(C)C)no3)CC2)cc1. The molecule has 2 heterocycles. The van der Waals surface area contributed by atoms with Crippen LogP contribution in [0.15, 0.2) is 34.9 Å². The number of nitrogens with zero attached hydrogens (tertiary/aromatic N) is 1. The molecule has 3 rings (SSSR count). The first-order chi connectivity index (χ1) is 13.3. The first kappa shape index (κ1) is 20.4. The molecule has 1 aliphatic rings. The van der Waals surface area contributed by atoms with Crippen LogP contribution < -0.4 is 19.9 Å². The molecule has 1 aromatic heterocycles. The Bertz CT molecular complexity index is 772. The number of ether oxygens (including phenoxy) is 1. The largest absolute Gasteiger partial charge is 0.497 e. The lowest BCUT2D eigenvalue weighted by Gasteiger charge is -2.29. The minimum absolute atomic E-state index is 0.0230. The molecule has 0 atom stereocenters. The number of quaternary nitrogens is 2.